The van der Waals surface area contributed by atoms with E-state index in [4.69, 9.17) is 9.47 Å². The third-order valence-electron chi connectivity index (χ3n) is 3.96. The van der Waals surface area contributed by atoms with Crippen molar-refractivity contribution in [3.05, 3.63) is 65.2 Å². The maximum absolute atomic E-state index is 12.0. The highest BCUT2D eigenvalue weighted by Gasteiger charge is 2.13. The lowest BCUT2D eigenvalue weighted by Crippen LogP contribution is -2.30. The van der Waals surface area contributed by atoms with E-state index in [0.29, 0.717) is 29.8 Å². The number of nitrogens with one attached hydrogen (secondary N) is 1. The zero-order valence-electron chi connectivity index (χ0n) is 15.5. The molecule has 0 atom stereocenters. The van der Waals surface area contributed by atoms with Crippen molar-refractivity contribution in [2.45, 2.75) is 19.8 Å². The van der Waals surface area contributed by atoms with Gasteiger partial charge in [-0.2, -0.15) is 0 Å². The van der Waals surface area contributed by atoms with Crippen LogP contribution in [0.15, 0.2) is 48.5 Å². The summed E-state index contributed by atoms with van der Waals surface area (Å²) in [7, 11) is 1.48. The summed E-state index contributed by atoms with van der Waals surface area (Å²) in [5.74, 6) is -0.537. The van der Waals surface area contributed by atoms with E-state index in [9.17, 15) is 14.4 Å². The second-order valence-corrected chi connectivity index (χ2v) is 6.01. The lowest BCUT2D eigenvalue weighted by Gasteiger charge is -2.10. The molecule has 0 saturated carbocycles. The van der Waals surface area contributed by atoms with Crippen molar-refractivity contribution >= 4 is 17.7 Å². The van der Waals surface area contributed by atoms with Crippen LogP contribution in [0.5, 0.6) is 5.75 Å². The molecule has 0 spiro atoms. The number of hydrogen-bond donors (Lipinski definition) is 1. The first-order valence-electron chi connectivity index (χ1n) is 8.63. The molecule has 2 aromatic carbocycles. The van der Waals surface area contributed by atoms with Crippen LogP contribution < -0.4 is 10.1 Å². The first-order valence-corrected chi connectivity index (χ1v) is 8.63. The van der Waals surface area contributed by atoms with E-state index in [2.05, 4.69) is 5.32 Å². The van der Waals surface area contributed by atoms with Crippen molar-refractivity contribution in [1.82, 2.24) is 5.32 Å². The fourth-order valence-corrected chi connectivity index (χ4v) is 2.53. The molecular weight excluding hydrogens is 346 g/mol. The molecule has 27 heavy (non-hydrogen) atoms. The summed E-state index contributed by atoms with van der Waals surface area (Å²) < 4.78 is 10.2. The summed E-state index contributed by atoms with van der Waals surface area (Å²) in [6.07, 6.45) is 0.622. The largest absolute Gasteiger partial charge is 0.496 e. The Morgan fingerprint density at radius 2 is 1.78 bits per heavy atom. The van der Waals surface area contributed by atoms with Crippen molar-refractivity contribution in [2.24, 2.45) is 0 Å². The Balaban J connectivity index is 1.79. The van der Waals surface area contributed by atoms with Gasteiger partial charge < -0.3 is 14.8 Å². The number of rotatable bonds is 9. The molecule has 0 fully saturated rings. The van der Waals surface area contributed by atoms with Crippen LogP contribution in [0.4, 0.5) is 0 Å². The number of benzene rings is 2. The third-order valence-corrected chi connectivity index (χ3v) is 3.96. The van der Waals surface area contributed by atoms with Crippen LogP contribution in [0.3, 0.4) is 0 Å². The Kier molecular flexibility index (Phi) is 7.55. The Bertz CT molecular complexity index is 801. The summed E-state index contributed by atoms with van der Waals surface area (Å²) in [4.78, 5) is 35.3. The van der Waals surface area contributed by atoms with E-state index in [-0.39, 0.29) is 24.7 Å². The van der Waals surface area contributed by atoms with Gasteiger partial charge in [0.25, 0.3) is 5.91 Å². The molecule has 0 aliphatic heterocycles. The summed E-state index contributed by atoms with van der Waals surface area (Å²) >= 11 is 0. The van der Waals surface area contributed by atoms with Gasteiger partial charge in [0.2, 0.25) is 0 Å². The highest BCUT2D eigenvalue weighted by molar-refractivity contribution is 5.94. The Morgan fingerprint density at radius 3 is 2.44 bits per heavy atom. The first kappa shape index (κ1) is 20.2. The van der Waals surface area contributed by atoms with Crippen molar-refractivity contribution in [3.63, 3.8) is 0 Å². The number of hydrogen-bond acceptors (Lipinski definition) is 5. The minimum Gasteiger partial charge on any atom is -0.496 e. The minimum absolute atomic E-state index is 0.0818. The zero-order valence-corrected chi connectivity index (χ0v) is 15.5. The van der Waals surface area contributed by atoms with Gasteiger partial charge in [-0.05, 0) is 37.1 Å². The van der Waals surface area contributed by atoms with E-state index in [0.717, 1.165) is 5.56 Å². The molecule has 0 aliphatic carbocycles. The van der Waals surface area contributed by atoms with E-state index >= 15 is 0 Å². The van der Waals surface area contributed by atoms with Crippen molar-refractivity contribution < 1.29 is 23.9 Å². The number of carbonyl (C=O) groups excluding carboxylic acids is 3. The van der Waals surface area contributed by atoms with Crippen LogP contribution in [0.25, 0.3) is 0 Å². The van der Waals surface area contributed by atoms with Gasteiger partial charge in [-0.15, -0.1) is 0 Å². The van der Waals surface area contributed by atoms with Gasteiger partial charge in [0, 0.05) is 17.7 Å². The van der Waals surface area contributed by atoms with Crippen molar-refractivity contribution in [2.75, 3.05) is 20.3 Å². The maximum atomic E-state index is 12.0. The summed E-state index contributed by atoms with van der Waals surface area (Å²) in [5.41, 5.74) is 2.14. The van der Waals surface area contributed by atoms with E-state index in [1.54, 1.807) is 18.2 Å². The molecule has 1 amide bonds. The normalized spacial score (nSPS) is 10.1. The molecule has 142 valence electrons. The smallest absolute Gasteiger partial charge is 0.310 e. The quantitative estimate of drug-likeness (QED) is 0.542. The first-order chi connectivity index (χ1) is 13.0. The average molecular weight is 369 g/mol. The van der Waals surface area contributed by atoms with Crippen molar-refractivity contribution in [3.8, 4) is 5.75 Å². The molecule has 0 radical (unpaired) electrons. The zero-order chi connectivity index (χ0) is 19.6. The fraction of sp³-hybridized carbons (Fsp3) is 0.286. The molecule has 6 nitrogen and oxygen atoms in total. The number of carbonyl (C=O) groups is 3. The lowest BCUT2D eigenvalue weighted by atomic mass is 10.0. The number of Topliss-reactive ketones (excluding diaryl/α,β-unsaturated/α-hetero) is 1. The second kappa shape index (κ2) is 10.1. The fourth-order valence-electron chi connectivity index (χ4n) is 2.53. The minimum atomic E-state index is -0.563. The third kappa shape index (κ3) is 6.58. The summed E-state index contributed by atoms with van der Waals surface area (Å²) in [5, 5.41) is 2.71. The van der Waals surface area contributed by atoms with E-state index in [1.165, 1.54) is 14.0 Å². The lowest BCUT2D eigenvalue weighted by molar-refractivity contribution is -0.147. The van der Waals surface area contributed by atoms with E-state index < -0.39 is 5.97 Å². The second-order valence-electron chi connectivity index (χ2n) is 6.01. The summed E-state index contributed by atoms with van der Waals surface area (Å²) in [6.45, 7) is 1.57. The van der Waals surface area contributed by atoms with E-state index in [1.807, 2.05) is 30.3 Å². The highest BCUT2D eigenvalue weighted by Crippen LogP contribution is 2.21. The van der Waals surface area contributed by atoms with Crippen LogP contribution in [0, 0.1) is 0 Å². The molecule has 0 unspecified atom stereocenters. The molecular formula is C21H23NO5. The Morgan fingerprint density at radius 1 is 1.04 bits per heavy atom. The van der Waals surface area contributed by atoms with Gasteiger partial charge in [-0.25, -0.2) is 0 Å². The molecule has 0 aliphatic rings. The van der Waals surface area contributed by atoms with Crippen LogP contribution >= 0.6 is 0 Å². The van der Waals surface area contributed by atoms with Crippen LogP contribution in [-0.4, -0.2) is 37.9 Å². The molecule has 6 heteroatoms. The molecule has 0 bridgehead atoms. The Hall–Kier alpha value is -3.15. The van der Waals surface area contributed by atoms with Gasteiger partial charge in [-0.1, -0.05) is 30.3 Å². The number of methoxy groups -OCH3 is 1. The molecule has 1 N–H and O–H groups in total. The number of ketones is 1. The topological polar surface area (TPSA) is 81.7 Å². The summed E-state index contributed by atoms with van der Waals surface area (Å²) in [6, 6.07) is 14.6. The maximum Gasteiger partial charge on any atom is 0.310 e. The predicted octanol–water partition coefficient (Wildman–Crippen LogP) is 2.34. The van der Waals surface area contributed by atoms with Gasteiger partial charge in [0.05, 0.1) is 13.5 Å². The molecule has 2 aromatic rings. The van der Waals surface area contributed by atoms with Gasteiger partial charge in [0.1, 0.15) is 5.75 Å². The van der Waals surface area contributed by atoms with Crippen molar-refractivity contribution in [1.29, 1.82) is 0 Å². The van der Waals surface area contributed by atoms with Crippen LogP contribution in [0.2, 0.25) is 0 Å². The van der Waals surface area contributed by atoms with Crippen LogP contribution in [0.1, 0.15) is 28.4 Å². The number of amides is 1. The molecule has 0 heterocycles. The molecule has 0 saturated heterocycles. The predicted molar refractivity (Wildman–Crippen MR) is 101 cm³/mol. The molecule has 2 rings (SSSR count). The standard InChI is InChI=1S/C21H23NO5/c1-15(23)17-8-9-19(26-2)18(12-17)13-21(25)27-14-20(24)22-11-10-16-6-4-3-5-7-16/h3-9,12H,10-11,13-14H2,1-2H3,(H,22,24). The number of esters is 1. The van der Waals surface area contributed by atoms with Crippen LogP contribution in [-0.2, 0) is 27.2 Å². The monoisotopic (exact) mass is 369 g/mol. The average Bonchev–Trinajstić information content (AvgIpc) is 2.67. The van der Waals surface area contributed by atoms with Gasteiger partial charge >= 0.3 is 5.97 Å². The highest BCUT2D eigenvalue weighted by atomic mass is 16.5. The Labute approximate surface area is 158 Å². The SMILES string of the molecule is COc1ccc(C(C)=O)cc1CC(=O)OCC(=O)NCCc1ccccc1. The number of ether oxygens (including phenoxy) is 2. The van der Waals surface area contributed by atoms with Gasteiger partial charge in [-0.3, -0.25) is 14.4 Å². The molecule has 0 aromatic heterocycles. The van der Waals surface area contributed by atoms with Gasteiger partial charge in [0.15, 0.2) is 12.4 Å².